The molecule has 0 bridgehead atoms. The summed E-state index contributed by atoms with van der Waals surface area (Å²) in [4.78, 5) is 2.32. The molecule has 66 valence electrons. The van der Waals surface area contributed by atoms with Crippen LogP contribution >= 0.6 is 0 Å². The lowest BCUT2D eigenvalue weighted by Crippen LogP contribution is -2.08. The van der Waals surface area contributed by atoms with Crippen molar-refractivity contribution >= 4 is 16.8 Å². The maximum Gasteiger partial charge on any atom is 0.186 e. The van der Waals surface area contributed by atoms with Crippen molar-refractivity contribution in [2.45, 2.75) is 4.90 Å². The highest BCUT2D eigenvalue weighted by Gasteiger charge is 2.01. The molecule has 0 saturated heterocycles. The van der Waals surface area contributed by atoms with Crippen molar-refractivity contribution in [3.05, 3.63) is 24.3 Å². The van der Waals surface area contributed by atoms with E-state index in [1.807, 2.05) is 25.1 Å². The van der Waals surface area contributed by atoms with Gasteiger partial charge in [-0.25, -0.2) is 4.21 Å². The monoisotopic (exact) mass is 185 g/mol. The van der Waals surface area contributed by atoms with Crippen LogP contribution in [0.25, 0.3) is 0 Å². The largest absolute Gasteiger partial charge is 0.378 e. The Bertz CT molecular complexity index is 299. The van der Waals surface area contributed by atoms with Crippen LogP contribution in [-0.4, -0.2) is 22.9 Å². The molecule has 0 aliphatic heterocycles. The first kappa shape index (κ1) is 9.22. The van der Waals surface area contributed by atoms with Gasteiger partial charge >= 0.3 is 0 Å². The van der Waals surface area contributed by atoms with Crippen molar-refractivity contribution in [2.24, 2.45) is 0 Å². The Labute approximate surface area is 74.3 Å². The van der Waals surface area contributed by atoms with Gasteiger partial charge in [0.15, 0.2) is 11.1 Å². The highest BCUT2D eigenvalue weighted by molar-refractivity contribution is 7.79. The normalized spacial score (nSPS) is 12.6. The number of rotatable bonds is 2. The Morgan fingerprint density at radius 1 is 1.42 bits per heavy atom. The van der Waals surface area contributed by atoms with Gasteiger partial charge in [0.25, 0.3) is 0 Å². The second-order valence-electron chi connectivity index (χ2n) is 2.64. The lowest BCUT2D eigenvalue weighted by molar-refractivity contribution is 0.564. The predicted octanol–water partition coefficient (Wildman–Crippen LogP) is 1.33. The molecule has 12 heavy (non-hydrogen) atoms. The summed E-state index contributed by atoms with van der Waals surface area (Å²) >= 11 is -1.88. The summed E-state index contributed by atoms with van der Waals surface area (Å²) < 4.78 is 19.5. The summed E-state index contributed by atoms with van der Waals surface area (Å²) in [6, 6.07) is 6.97. The molecule has 0 amide bonds. The molecule has 0 aliphatic carbocycles. The van der Waals surface area contributed by atoms with Crippen LogP contribution in [0, 0.1) is 0 Å². The molecule has 1 atom stereocenters. The summed E-state index contributed by atoms with van der Waals surface area (Å²) in [5, 5.41) is 0. The van der Waals surface area contributed by atoms with Gasteiger partial charge in [-0.2, -0.15) is 0 Å². The maximum atomic E-state index is 10.7. The lowest BCUT2D eigenvalue weighted by Gasteiger charge is -2.12. The van der Waals surface area contributed by atoms with E-state index in [4.69, 9.17) is 4.55 Å². The second kappa shape index (κ2) is 3.69. The Hall–Kier alpha value is -0.870. The van der Waals surface area contributed by atoms with Crippen molar-refractivity contribution in [2.75, 3.05) is 19.0 Å². The molecule has 1 N–H and O–H groups in total. The fourth-order valence-corrected chi connectivity index (χ4v) is 1.29. The van der Waals surface area contributed by atoms with Crippen LogP contribution in [0.1, 0.15) is 0 Å². The SMILES string of the molecule is CN(C)c1cccc(S(=O)O)c1. The van der Waals surface area contributed by atoms with Crippen LogP contribution in [0.3, 0.4) is 0 Å². The van der Waals surface area contributed by atoms with E-state index in [0.29, 0.717) is 4.90 Å². The topological polar surface area (TPSA) is 40.5 Å². The molecule has 0 heterocycles. The number of nitrogens with zero attached hydrogens (tertiary/aromatic N) is 1. The zero-order valence-electron chi connectivity index (χ0n) is 7.02. The van der Waals surface area contributed by atoms with E-state index in [1.54, 1.807) is 18.2 Å². The van der Waals surface area contributed by atoms with Crippen LogP contribution < -0.4 is 4.90 Å². The first-order valence-corrected chi connectivity index (χ1v) is 4.60. The van der Waals surface area contributed by atoms with Crippen LogP contribution in [0.15, 0.2) is 29.2 Å². The van der Waals surface area contributed by atoms with Gasteiger partial charge in [-0.05, 0) is 18.2 Å². The average molecular weight is 185 g/mol. The molecule has 3 nitrogen and oxygen atoms in total. The third-order valence-corrected chi connectivity index (χ3v) is 2.19. The first-order valence-electron chi connectivity index (χ1n) is 3.49. The van der Waals surface area contributed by atoms with Gasteiger partial charge in [-0.15, -0.1) is 0 Å². The molecule has 1 rings (SSSR count). The van der Waals surface area contributed by atoms with Gasteiger partial charge in [0.1, 0.15) is 0 Å². The fourth-order valence-electron chi connectivity index (χ4n) is 0.870. The molecule has 1 aromatic carbocycles. The van der Waals surface area contributed by atoms with Crippen molar-refractivity contribution < 1.29 is 8.76 Å². The van der Waals surface area contributed by atoms with Crippen LogP contribution in [0.5, 0.6) is 0 Å². The van der Waals surface area contributed by atoms with Crippen molar-refractivity contribution in [3.8, 4) is 0 Å². The van der Waals surface area contributed by atoms with Crippen molar-refractivity contribution in [1.82, 2.24) is 0 Å². The van der Waals surface area contributed by atoms with E-state index >= 15 is 0 Å². The molecule has 0 aromatic heterocycles. The minimum atomic E-state index is -1.88. The molecule has 0 radical (unpaired) electrons. The molecular formula is C8H11NO2S. The number of anilines is 1. The summed E-state index contributed by atoms with van der Waals surface area (Å²) in [6.45, 7) is 0. The molecular weight excluding hydrogens is 174 g/mol. The van der Waals surface area contributed by atoms with E-state index in [2.05, 4.69) is 0 Å². The zero-order valence-corrected chi connectivity index (χ0v) is 7.84. The molecule has 0 spiro atoms. The van der Waals surface area contributed by atoms with Gasteiger partial charge in [0, 0.05) is 19.8 Å². The Morgan fingerprint density at radius 3 is 2.58 bits per heavy atom. The van der Waals surface area contributed by atoms with Crippen LogP contribution in [0.2, 0.25) is 0 Å². The standard InChI is InChI=1S/C8H11NO2S/c1-9(2)7-4-3-5-8(6-7)12(10)11/h3-6H,1-2H3,(H,10,11). The molecule has 0 saturated carbocycles. The third kappa shape index (κ3) is 2.06. The maximum absolute atomic E-state index is 10.7. The van der Waals surface area contributed by atoms with E-state index < -0.39 is 11.1 Å². The Kier molecular flexibility index (Phi) is 2.83. The van der Waals surface area contributed by atoms with Crippen LogP contribution in [-0.2, 0) is 11.1 Å². The molecule has 1 aromatic rings. The third-order valence-electron chi connectivity index (χ3n) is 1.54. The lowest BCUT2D eigenvalue weighted by atomic mass is 10.3. The van der Waals surface area contributed by atoms with Crippen molar-refractivity contribution in [3.63, 3.8) is 0 Å². The number of hydrogen-bond acceptors (Lipinski definition) is 2. The average Bonchev–Trinajstić information content (AvgIpc) is 2.04. The summed E-state index contributed by atoms with van der Waals surface area (Å²) in [5.41, 5.74) is 0.926. The fraction of sp³-hybridized carbons (Fsp3) is 0.250. The minimum absolute atomic E-state index is 0.432. The minimum Gasteiger partial charge on any atom is -0.378 e. The number of hydrogen-bond donors (Lipinski definition) is 1. The molecule has 4 heteroatoms. The summed E-state index contributed by atoms with van der Waals surface area (Å²) in [6.07, 6.45) is 0. The van der Waals surface area contributed by atoms with E-state index in [0.717, 1.165) is 5.69 Å². The van der Waals surface area contributed by atoms with Gasteiger partial charge in [-0.1, -0.05) is 6.07 Å². The van der Waals surface area contributed by atoms with E-state index in [-0.39, 0.29) is 0 Å². The quantitative estimate of drug-likeness (QED) is 0.707. The van der Waals surface area contributed by atoms with Gasteiger partial charge < -0.3 is 9.45 Å². The number of benzene rings is 1. The Morgan fingerprint density at radius 2 is 2.08 bits per heavy atom. The highest BCUT2D eigenvalue weighted by atomic mass is 32.2. The molecule has 0 aliphatic rings. The Balaban J connectivity index is 3.04. The summed E-state index contributed by atoms with van der Waals surface area (Å²) in [7, 11) is 3.78. The van der Waals surface area contributed by atoms with Crippen LogP contribution in [0.4, 0.5) is 5.69 Å². The zero-order chi connectivity index (χ0) is 9.14. The summed E-state index contributed by atoms with van der Waals surface area (Å²) in [5.74, 6) is 0. The molecule has 0 fully saturated rings. The van der Waals surface area contributed by atoms with Gasteiger partial charge in [0.2, 0.25) is 0 Å². The van der Waals surface area contributed by atoms with Gasteiger partial charge in [0.05, 0.1) is 4.90 Å². The van der Waals surface area contributed by atoms with E-state index in [1.165, 1.54) is 0 Å². The molecule has 1 unspecified atom stereocenters. The first-order chi connectivity index (χ1) is 5.61. The highest BCUT2D eigenvalue weighted by Crippen LogP contribution is 2.14. The van der Waals surface area contributed by atoms with E-state index in [9.17, 15) is 4.21 Å². The smallest absolute Gasteiger partial charge is 0.186 e. The predicted molar refractivity (Wildman–Crippen MR) is 49.8 cm³/mol. The van der Waals surface area contributed by atoms with Crippen molar-refractivity contribution in [1.29, 1.82) is 0 Å². The second-order valence-corrected chi connectivity index (χ2v) is 3.61. The van der Waals surface area contributed by atoms with Gasteiger partial charge in [-0.3, -0.25) is 0 Å².